The van der Waals surface area contributed by atoms with E-state index in [2.05, 4.69) is 77.4 Å². The Morgan fingerprint density at radius 3 is 2.24 bits per heavy atom. The molecule has 6 nitrogen and oxygen atoms in total. The van der Waals surface area contributed by atoms with E-state index in [1.165, 1.54) is 11.1 Å². The summed E-state index contributed by atoms with van der Waals surface area (Å²) in [6, 6.07) is 12.9. The van der Waals surface area contributed by atoms with Gasteiger partial charge < -0.3 is 14.8 Å². The topological polar surface area (TPSA) is 43.8 Å². The summed E-state index contributed by atoms with van der Waals surface area (Å²) in [5.74, 6) is -0.0716. The van der Waals surface area contributed by atoms with Crippen LogP contribution >= 0.6 is 23.2 Å². The Morgan fingerprint density at radius 1 is 0.927 bits per heavy atom. The highest BCUT2D eigenvalue weighted by atomic mass is 35.5. The van der Waals surface area contributed by atoms with Crippen LogP contribution in [0.25, 0.3) is 10.9 Å². The molecule has 1 fully saturated rings. The zero-order valence-electron chi connectivity index (χ0n) is 25.4. The Kier molecular flexibility index (Phi) is 11.6. The van der Waals surface area contributed by atoms with E-state index in [0.29, 0.717) is 28.7 Å². The molecule has 0 atom stereocenters. The summed E-state index contributed by atoms with van der Waals surface area (Å²) < 4.78 is 2.30. The molecule has 0 spiro atoms. The summed E-state index contributed by atoms with van der Waals surface area (Å²) in [4.78, 5) is 21.1. The monoisotopic (exact) mass is 599 g/mol. The van der Waals surface area contributed by atoms with Crippen molar-refractivity contribution in [3.05, 3.63) is 69.3 Å². The Labute approximate surface area is 256 Å². The molecular weight excluding hydrogens is 553 g/mol. The maximum absolute atomic E-state index is 13.3. The van der Waals surface area contributed by atoms with Gasteiger partial charge in [0.1, 0.15) is 0 Å². The predicted molar refractivity (Wildman–Crippen MR) is 173 cm³/mol. The smallest absolute Gasteiger partial charge is 0.253 e. The molecule has 4 rings (SSSR count). The molecule has 2 aromatic carbocycles. The third kappa shape index (κ3) is 8.26. The van der Waals surface area contributed by atoms with Crippen molar-refractivity contribution in [3.8, 4) is 0 Å². The Balaban J connectivity index is 1.34. The third-order valence-corrected chi connectivity index (χ3v) is 9.12. The number of hydrogen-bond acceptors (Lipinski definition) is 4. The van der Waals surface area contributed by atoms with Gasteiger partial charge in [0.15, 0.2) is 0 Å². The van der Waals surface area contributed by atoms with E-state index < -0.39 is 0 Å². The van der Waals surface area contributed by atoms with Gasteiger partial charge in [-0.25, -0.2) is 0 Å². The van der Waals surface area contributed by atoms with E-state index in [1.807, 2.05) is 12.3 Å². The van der Waals surface area contributed by atoms with E-state index in [-0.39, 0.29) is 5.91 Å². The predicted octanol–water partition coefficient (Wildman–Crippen LogP) is 6.57. The number of hydrogen-bond donors (Lipinski definition) is 1. The molecule has 2 heterocycles. The van der Waals surface area contributed by atoms with Crippen molar-refractivity contribution >= 4 is 40.0 Å². The van der Waals surface area contributed by atoms with Crippen LogP contribution < -0.4 is 5.32 Å². The second kappa shape index (κ2) is 14.9. The number of carbonyl (C=O) groups excluding carboxylic acids is 1. The molecule has 0 unspecified atom stereocenters. The fourth-order valence-electron chi connectivity index (χ4n) is 6.08. The molecule has 1 saturated heterocycles. The summed E-state index contributed by atoms with van der Waals surface area (Å²) in [6.45, 7) is 20.5. The summed E-state index contributed by atoms with van der Waals surface area (Å²) >= 11 is 12.2. The van der Waals surface area contributed by atoms with E-state index >= 15 is 0 Å². The van der Waals surface area contributed by atoms with E-state index in [1.54, 1.807) is 12.1 Å². The Morgan fingerprint density at radius 2 is 1.61 bits per heavy atom. The molecule has 224 valence electrons. The Bertz CT molecular complexity index is 1290. The van der Waals surface area contributed by atoms with Crippen molar-refractivity contribution in [2.24, 2.45) is 0 Å². The summed E-state index contributed by atoms with van der Waals surface area (Å²) in [7, 11) is 0. The van der Waals surface area contributed by atoms with Crippen molar-refractivity contribution in [1.29, 1.82) is 0 Å². The summed E-state index contributed by atoms with van der Waals surface area (Å²) in [5, 5.41) is 5.10. The van der Waals surface area contributed by atoms with Crippen LogP contribution in [0.2, 0.25) is 10.0 Å². The molecule has 0 bridgehead atoms. The molecule has 3 aromatic rings. The van der Waals surface area contributed by atoms with Crippen molar-refractivity contribution in [3.63, 3.8) is 0 Å². The number of aryl methyl sites for hydroxylation is 2. The minimum atomic E-state index is -0.0716. The lowest BCUT2D eigenvalue weighted by Crippen LogP contribution is -2.50. The lowest BCUT2D eigenvalue weighted by atomic mass is 10.1. The average molecular weight is 601 g/mol. The van der Waals surface area contributed by atoms with Crippen molar-refractivity contribution < 1.29 is 4.79 Å². The van der Waals surface area contributed by atoms with Gasteiger partial charge in [-0.3, -0.25) is 14.6 Å². The summed E-state index contributed by atoms with van der Waals surface area (Å²) in [6.07, 6.45) is 4.03. The number of aromatic nitrogens is 1. The quantitative estimate of drug-likeness (QED) is 0.241. The SMILES string of the molecule is CCc1cccc2c(C(=O)NCc3ccc(Cl)c(Cl)c3)cn(CCCN3CCN(CCN(C(C)C)C(C)C)CC3)c12. The number of para-hydroxylation sites is 1. The molecule has 1 aliphatic rings. The first-order valence-electron chi connectivity index (χ1n) is 15.2. The van der Waals surface area contributed by atoms with Crippen LogP contribution in [-0.2, 0) is 19.5 Å². The van der Waals surface area contributed by atoms with Gasteiger partial charge >= 0.3 is 0 Å². The van der Waals surface area contributed by atoms with Crippen molar-refractivity contribution in [2.75, 3.05) is 45.8 Å². The first-order valence-corrected chi connectivity index (χ1v) is 16.0. The van der Waals surface area contributed by atoms with Gasteiger partial charge in [-0.05, 0) is 70.3 Å². The van der Waals surface area contributed by atoms with Gasteiger partial charge in [-0.1, -0.05) is 54.4 Å². The van der Waals surface area contributed by atoms with Crippen LogP contribution in [0.3, 0.4) is 0 Å². The number of nitrogens with zero attached hydrogens (tertiary/aromatic N) is 4. The molecule has 0 radical (unpaired) electrons. The normalized spacial score (nSPS) is 15.1. The zero-order valence-corrected chi connectivity index (χ0v) is 26.9. The van der Waals surface area contributed by atoms with Crippen molar-refractivity contribution in [1.82, 2.24) is 24.6 Å². The minimum absolute atomic E-state index is 0.0716. The van der Waals surface area contributed by atoms with Crippen LogP contribution in [0.1, 0.15) is 62.5 Å². The number of halogens is 2. The zero-order chi connectivity index (χ0) is 29.5. The van der Waals surface area contributed by atoms with Crippen LogP contribution in [0.4, 0.5) is 0 Å². The molecular formula is C33H47Cl2N5O. The molecule has 0 saturated carbocycles. The Hall–Kier alpha value is -2.09. The molecule has 1 N–H and O–H groups in total. The van der Waals surface area contributed by atoms with Gasteiger partial charge in [0.05, 0.1) is 21.1 Å². The van der Waals surface area contributed by atoms with E-state index in [4.69, 9.17) is 23.2 Å². The van der Waals surface area contributed by atoms with Gasteiger partial charge in [-0.15, -0.1) is 0 Å². The first-order chi connectivity index (χ1) is 19.7. The standard InChI is InChI=1S/C33H47Cl2N5O/c1-6-27-9-7-10-28-29(33(41)36-22-26-11-12-30(34)31(35)21-26)23-39(32(27)28)14-8-13-37-15-17-38(18-16-37)19-20-40(24(2)3)25(4)5/h7,9-12,21,23-25H,6,8,13-20,22H2,1-5H3,(H,36,41). The van der Waals surface area contributed by atoms with Crippen LogP contribution in [0.5, 0.6) is 0 Å². The second-order valence-electron chi connectivity index (χ2n) is 11.8. The molecule has 1 aromatic heterocycles. The molecule has 8 heteroatoms. The van der Waals surface area contributed by atoms with Gasteiger partial charge in [0.25, 0.3) is 5.91 Å². The second-order valence-corrected chi connectivity index (χ2v) is 12.6. The molecule has 41 heavy (non-hydrogen) atoms. The lowest BCUT2D eigenvalue weighted by Gasteiger charge is -2.37. The van der Waals surface area contributed by atoms with Crippen molar-refractivity contribution in [2.45, 2.75) is 72.6 Å². The van der Waals surface area contributed by atoms with Crippen LogP contribution in [0.15, 0.2) is 42.6 Å². The molecule has 1 aliphatic heterocycles. The average Bonchev–Trinajstić information content (AvgIpc) is 3.33. The van der Waals surface area contributed by atoms with Crippen LogP contribution in [-0.4, -0.2) is 83.1 Å². The number of rotatable bonds is 13. The number of piperazine rings is 1. The highest BCUT2D eigenvalue weighted by Crippen LogP contribution is 2.27. The molecule has 0 aliphatic carbocycles. The van der Waals surface area contributed by atoms with E-state index in [9.17, 15) is 4.79 Å². The van der Waals surface area contributed by atoms with Gasteiger partial charge in [-0.2, -0.15) is 0 Å². The number of fused-ring (bicyclic) bond motifs is 1. The third-order valence-electron chi connectivity index (χ3n) is 8.38. The van der Waals surface area contributed by atoms with Gasteiger partial charge in [0.2, 0.25) is 0 Å². The lowest BCUT2D eigenvalue weighted by molar-refractivity contribution is 0.0952. The van der Waals surface area contributed by atoms with E-state index in [0.717, 1.165) is 81.7 Å². The summed E-state index contributed by atoms with van der Waals surface area (Å²) in [5.41, 5.74) is 4.10. The maximum atomic E-state index is 13.3. The number of nitrogens with one attached hydrogen (secondary N) is 1. The number of amides is 1. The minimum Gasteiger partial charge on any atom is -0.348 e. The highest BCUT2D eigenvalue weighted by Gasteiger charge is 2.20. The largest absolute Gasteiger partial charge is 0.348 e. The first kappa shape index (κ1) is 31.8. The number of benzene rings is 2. The fourth-order valence-corrected chi connectivity index (χ4v) is 6.40. The maximum Gasteiger partial charge on any atom is 0.253 e. The fraction of sp³-hybridized carbons (Fsp3) is 0.545. The highest BCUT2D eigenvalue weighted by molar-refractivity contribution is 6.42. The van der Waals surface area contributed by atoms with Gasteiger partial charge in [0, 0.05) is 76.0 Å². The number of carbonyl (C=O) groups is 1. The molecule has 1 amide bonds. The van der Waals surface area contributed by atoms with Crippen LogP contribution in [0, 0.1) is 0 Å².